The van der Waals surface area contributed by atoms with Gasteiger partial charge in [-0.1, -0.05) is 12.1 Å². The van der Waals surface area contributed by atoms with Crippen molar-refractivity contribution in [2.24, 2.45) is 5.92 Å². The van der Waals surface area contributed by atoms with Gasteiger partial charge in [-0.3, -0.25) is 4.79 Å². The van der Waals surface area contributed by atoms with Gasteiger partial charge in [-0.15, -0.1) is 0 Å². The number of rotatable bonds is 6. The molecule has 7 nitrogen and oxygen atoms in total. The fourth-order valence-corrected chi connectivity index (χ4v) is 2.72. The Morgan fingerprint density at radius 2 is 1.89 bits per heavy atom. The average Bonchev–Trinajstić information content (AvgIpc) is 3.14. The molecule has 1 heterocycles. The van der Waals surface area contributed by atoms with Gasteiger partial charge in [-0.25, -0.2) is 9.59 Å². The Balaban J connectivity index is 2.03. The van der Waals surface area contributed by atoms with Crippen molar-refractivity contribution in [3.8, 4) is 0 Å². The molecular weight excluding hydrogens is 350 g/mol. The molecule has 2 rings (SSSR count). The normalized spacial score (nSPS) is 17.9. The summed E-state index contributed by atoms with van der Waals surface area (Å²) >= 11 is 0. The number of hydrogen-bond donors (Lipinski definition) is 1. The first-order chi connectivity index (χ1) is 12.7. The van der Waals surface area contributed by atoms with Gasteiger partial charge in [0.25, 0.3) is 0 Å². The second kappa shape index (κ2) is 8.99. The minimum Gasteiger partial charge on any atom is -0.467 e. The van der Waals surface area contributed by atoms with Crippen LogP contribution in [0, 0.1) is 5.92 Å². The fraction of sp³-hybridized carbons (Fsp3) is 0.550. The third-order valence-corrected chi connectivity index (χ3v) is 4.13. The van der Waals surface area contributed by atoms with Crippen LogP contribution in [-0.4, -0.2) is 49.8 Å². The van der Waals surface area contributed by atoms with Gasteiger partial charge in [0.1, 0.15) is 11.6 Å². The smallest absolute Gasteiger partial charge is 0.338 e. The lowest BCUT2D eigenvalue weighted by atomic mass is 10.0. The van der Waals surface area contributed by atoms with Crippen LogP contribution in [-0.2, 0) is 30.2 Å². The Hall–Kier alpha value is -2.41. The van der Waals surface area contributed by atoms with Gasteiger partial charge in [-0.2, -0.15) is 0 Å². The first-order valence-corrected chi connectivity index (χ1v) is 8.98. The zero-order valence-corrected chi connectivity index (χ0v) is 16.2. The Bertz CT molecular complexity index is 671. The van der Waals surface area contributed by atoms with Crippen molar-refractivity contribution in [2.45, 2.75) is 45.3 Å². The molecule has 0 bridgehead atoms. The van der Waals surface area contributed by atoms with Crippen LogP contribution in [0.1, 0.15) is 43.1 Å². The molecule has 0 radical (unpaired) electrons. The second-order valence-electron chi connectivity index (χ2n) is 7.55. The van der Waals surface area contributed by atoms with E-state index in [1.54, 1.807) is 45.0 Å². The molecule has 1 aliphatic rings. The van der Waals surface area contributed by atoms with Crippen LogP contribution in [0.5, 0.6) is 0 Å². The minimum atomic E-state index is -0.796. The first-order valence-electron chi connectivity index (χ1n) is 8.98. The highest BCUT2D eigenvalue weighted by Gasteiger charge is 2.29. The first kappa shape index (κ1) is 20.9. The average molecular weight is 377 g/mol. The summed E-state index contributed by atoms with van der Waals surface area (Å²) in [5.41, 5.74) is 0.649. The minimum absolute atomic E-state index is 0.215. The molecule has 148 valence electrons. The van der Waals surface area contributed by atoms with Crippen LogP contribution >= 0.6 is 0 Å². The number of ether oxygens (including phenoxy) is 3. The van der Waals surface area contributed by atoms with Crippen molar-refractivity contribution in [2.75, 3.05) is 20.3 Å². The molecule has 2 atom stereocenters. The lowest BCUT2D eigenvalue weighted by Gasteiger charge is -2.20. The molecule has 0 aliphatic carbocycles. The third-order valence-electron chi connectivity index (χ3n) is 4.13. The number of hydrogen-bond acceptors (Lipinski definition) is 6. The van der Waals surface area contributed by atoms with Gasteiger partial charge >= 0.3 is 11.9 Å². The van der Waals surface area contributed by atoms with Crippen molar-refractivity contribution in [3.63, 3.8) is 0 Å². The highest BCUT2D eigenvalue weighted by atomic mass is 16.6. The molecule has 1 saturated heterocycles. The number of carbonyl (C=O) groups is 3. The molecule has 0 aromatic heterocycles. The third kappa shape index (κ3) is 6.36. The van der Waals surface area contributed by atoms with Crippen molar-refractivity contribution >= 4 is 17.8 Å². The van der Waals surface area contributed by atoms with Crippen LogP contribution < -0.4 is 5.32 Å². The summed E-state index contributed by atoms with van der Waals surface area (Å²) in [7, 11) is 1.28. The number of esters is 2. The lowest BCUT2D eigenvalue weighted by molar-refractivity contribution is -0.145. The van der Waals surface area contributed by atoms with Crippen LogP contribution in [0.4, 0.5) is 0 Å². The SMILES string of the molecule is COC(=O)[C@H](Cc1ccc(C(=O)OC(C)(C)C)cc1)NC(=O)[C@H]1CCOC1. The van der Waals surface area contributed by atoms with Crippen LogP contribution in [0.25, 0.3) is 0 Å². The maximum Gasteiger partial charge on any atom is 0.338 e. The van der Waals surface area contributed by atoms with E-state index in [0.29, 0.717) is 25.2 Å². The molecule has 1 fully saturated rings. The summed E-state index contributed by atoms with van der Waals surface area (Å²) < 4.78 is 15.3. The summed E-state index contributed by atoms with van der Waals surface area (Å²) in [6.07, 6.45) is 0.908. The molecule has 1 aliphatic heterocycles. The number of amides is 1. The quantitative estimate of drug-likeness (QED) is 0.761. The molecule has 0 saturated carbocycles. The lowest BCUT2D eigenvalue weighted by Crippen LogP contribution is -2.45. The number of benzene rings is 1. The van der Waals surface area contributed by atoms with Crippen LogP contribution in [0.2, 0.25) is 0 Å². The largest absolute Gasteiger partial charge is 0.467 e. The predicted octanol–water partition coefficient (Wildman–Crippen LogP) is 1.88. The van der Waals surface area contributed by atoms with Gasteiger partial charge in [0, 0.05) is 13.0 Å². The van der Waals surface area contributed by atoms with Crippen molar-refractivity contribution in [3.05, 3.63) is 35.4 Å². The molecule has 1 aromatic carbocycles. The number of nitrogens with one attached hydrogen (secondary N) is 1. The molecule has 0 unspecified atom stereocenters. The Morgan fingerprint density at radius 1 is 1.22 bits per heavy atom. The van der Waals surface area contributed by atoms with E-state index in [1.807, 2.05) is 0 Å². The fourth-order valence-electron chi connectivity index (χ4n) is 2.72. The zero-order chi connectivity index (χ0) is 20.0. The Labute approximate surface area is 159 Å². The van der Waals surface area contributed by atoms with Crippen molar-refractivity contribution < 1.29 is 28.6 Å². The molecule has 27 heavy (non-hydrogen) atoms. The van der Waals surface area contributed by atoms with E-state index in [-0.39, 0.29) is 18.2 Å². The standard InChI is InChI=1S/C20H27NO6/c1-20(2,3)27-18(23)14-7-5-13(6-8-14)11-16(19(24)25-4)21-17(22)15-9-10-26-12-15/h5-8,15-16H,9-12H2,1-4H3,(H,21,22)/t15-,16-/m0/s1. The molecule has 1 aromatic rings. The van der Waals surface area contributed by atoms with Gasteiger partial charge in [0.15, 0.2) is 0 Å². The molecule has 7 heteroatoms. The van der Waals surface area contributed by atoms with E-state index in [1.165, 1.54) is 7.11 Å². The van der Waals surface area contributed by atoms with Crippen LogP contribution in [0.15, 0.2) is 24.3 Å². The summed E-state index contributed by atoms with van der Waals surface area (Å²) in [5, 5.41) is 2.74. The highest BCUT2D eigenvalue weighted by Crippen LogP contribution is 2.15. The summed E-state index contributed by atoms with van der Waals surface area (Å²) in [6.45, 7) is 6.33. The monoisotopic (exact) mass is 377 g/mol. The summed E-state index contributed by atoms with van der Waals surface area (Å²) in [6, 6.07) is 5.96. The topological polar surface area (TPSA) is 90.9 Å². The number of methoxy groups -OCH3 is 1. The van der Waals surface area contributed by atoms with Gasteiger partial charge in [0.2, 0.25) is 5.91 Å². The van der Waals surface area contributed by atoms with Crippen molar-refractivity contribution in [1.82, 2.24) is 5.32 Å². The van der Waals surface area contributed by atoms with E-state index < -0.39 is 23.6 Å². The maximum atomic E-state index is 12.3. The van der Waals surface area contributed by atoms with Crippen LogP contribution in [0.3, 0.4) is 0 Å². The Kier molecular flexibility index (Phi) is 6.96. The molecule has 1 N–H and O–H groups in total. The van der Waals surface area contributed by atoms with E-state index >= 15 is 0 Å². The summed E-state index contributed by atoms with van der Waals surface area (Å²) in [5.74, 6) is -1.38. The molecule has 1 amide bonds. The highest BCUT2D eigenvalue weighted by molar-refractivity contribution is 5.90. The van der Waals surface area contributed by atoms with Gasteiger partial charge in [-0.05, 0) is 44.9 Å². The zero-order valence-electron chi connectivity index (χ0n) is 16.2. The van der Waals surface area contributed by atoms with E-state index in [4.69, 9.17) is 14.2 Å². The Morgan fingerprint density at radius 3 is 2.41 bits per heavy atom. The molecular formula is C20H27NO6. The molecule has 0 spiro atoms. The van der Waals surface area contributed by atoms with Gasteiger partial charge in [0.05, 0.1) is 25.2 Å². The van der Waals surface area contributed by atoms with Gasteiger partial charge < -0.3 is 19.5 Å². The van der Waals surface area contributed by atoms with E-state index in [2.05, 4.69) is 5.32 Å². The second-order valence-corrected chi connectivity index (χ2v) is 7.55. The van der Waals surface area contributed by atoms with E-state index in [0.717, 1.165) is 5.56 Å². The summed E-state index contributed by atoms with van der Waals surface area (Å²) in [4.78, 5) is 36.4. The van der Waals surface area contributed by atoms with E-state index in [9.17, 15) is 14.4 Å². The maximum absolute atomic E-state index is 12.3. The number of carbonyl (C=O) groups excluding carboxylic acids is 3. The predicted molar refractivity (Wildman–Crippen MR) is 98.2 cm³/mol. The van der Waals surface area contributed by atoms with Crippen molar-refractivity contribution in [1.29, 1.82) is 0 Å².